The molecular formula is C11H21NO2. The first-order valence-electron chi connectivity index (χ1n) is 5.68. The number of nitrogens with one attached hydrogen (secondary N) is 1. The van der Waals surface area contributed by atoms with E-state index in [4.69, 9.17) is 9.47 Å². The second kappa shape index (κ2) is 4.17. The van der Waals surface area contributed by atoms with E-state index in [1.54, 1.807) is 0 Å². The fraction of sp³-hybridized carbons (Fsp3) is 1.00. The lowest BCUT2D eigenvalue weighted by Crippen LogP contribution is -2.41. The molecule has 0 aromatic heterocycles. The molecule has 0 radical (unpaired) electrons. The van der Waals surface area contributed by atoms with Crippen LogP contribution in [-0.4, -0.2) is 31.6 Å². The molecule has 3 unspecified atom stereocenters. The highest BCUT2D eigenvalue weighted by atomic mass is 16.5. The Kier molecular flexibility index (Phi) is 3.10. The Labute approximate surface area is 86.2 Å². The summed E-state index contributed by atoms with van der Waals surface area (Å²) in [4.78, 5) is 0. The van der Waals surface area contributed by atoms with Crippen LogP contribution in [0.3, 0.4) is 0 Å². The molecule has 0 aliphatic carbocycles. The molecule has 0 aromatic carbocycles. The maximum absolute atomic E-state index is 5.88. The lowest BCUT2D eigenvalue weighted by molar-refractivity contribution is -0.0625. The van der Waals surface area contributed by atoms with Crippen LogP contribution < -0.4 is 5.32 Å². The van der Waals surface area contributed by atoms with Crippen molar-refractivity contribution < 1.29 is 9.47 Å². The molecule has 2 saturated heterocycles. The summed E-state index contributed by atoms with van der Waals surface area (Å²) in [6.45, 7) is 7.11. The summed E-state index contributed by atoms with van der Waals surface area (Å²) >= 11 is 0. The van der Waals surface area contributed by atoms with Crippen molar-refractivity contribution in [2.45, 2.75) is 44.9 Å². The Morgan fingerprint density at radius 2 is 2.36 bits per heavy atom. The molecule has 2 aliphatic heterocycles. The predicted octanol–water partition coefficient (Wildman–Crippen LogP) is 1.53. The molecule has 0 amide bonds. The van der Waals surface area contributed by atoms with Gasteiger partial charge in [-0.15, -0.1) is 0 Å². The van der Waals surface area contributed by atoms with E-state index in [1.165, 1.54) is 12.8 Å². The topological polar surface area (TPSA) is 30.5 Å². The molecule has 3 atom stereocenters. The van der Waals surface area contributed by atoms with Gasteiger partial charge in [0.1, 0.15) is 5.72 Å². The van der Waals surface area contributed by atoms with Gasteiger partial charge in [0.05, 0.1) is 6.10 Å². The molecule has 0 spiro atoms. The highest BCUT2D eigenvalue weighted by molar-refractivity contribution is 4.84. The van der Waals surface area contributed by atoms with E-state index < -0.39 is 0 Å². The van der Waals surface area contributed by atoms with Gasteiger partial charge in [0.2, 0.25) is 0 Å². The van der Waals surface area contributed by atoms with Crippen LogP contribution in [0.15, 0.2) is 0 Å². The second-order valence-electron chi connectivity index (χ2n) is 4.83. The Bertz CT molecular complexity index is 192. The van der Waals surface area contributed by atoms with Gasteiger partial charge < -0.3 is 9.47 Å². The van der Waals surface area contributed by atoms with Crippen LogP contribution in [0.4, 0.5) is 0 Å². The molecule has 0 saturated carbocycles. The van der Waals surface area contributed by atoms with Crippen molar-refractivity contribution in [3.63, 3.8) is 0 Å². The third kappa shape index (κ3) is 2.47. The van der Waals surface area contributed by atoms with Crippen molar-refractivity contribution in [1.29, 1.82) is 0 Å². The first kappa shape index (κ1) is 10.4. The molecular weight excluding hydrogens is 178 g/mol. The summed E-state index contributed by atoms with van der Waals surface area (Å²) in [5, 5.41) is 3.45. The van der Waals surface area contributed by atoms with Gasteiger partial charge >= 0.3 is 0 Å². The summed E-state index contributed by atoms with van der Waals surface area (Å²) in [7, 11) is 0. The monoisotopic (exact) mass is 199 g/mol. The SMILES string of the molecule is CC1CNC(C)(CC2CCCOC2)O1. The van der Waals surface area contributed by atoms with E-state index in [2.05, 4.69) is 19.2 Å². The zero-order valence-electron chi connectivity index (χ0n) is 9.21. The van der Waals surface area contributed by atoms with Gasteiger partial charge in [-0.2, -0.15) is 0 Å². The zero-order chi connectivity index (χ0) is 10.0. The minimum Gasteiger partial charge on any atom is -0.381 e. The Balaban J connectivity index is 1.83. The van der Waals surface area contributed by atoms with Crippen molar-refractivity contribution in [3.05, 3.63) is 0 Å². The minimum absolute atomic E-state index is 0.106. The average Bonchev–Trinajstić information content (AvgIpc) is 2.47. The molecule has 0 aromatic rings. The Morgan fingerprint density at radius 1 is 1.50 bits per heavy atom. The molecule has 2 rings (SSSR count). The maximum Gasteiger partial charge on any atom is 0.117 e. The quantitative estimate of drug-likeness (QED) is 0.731. The second-order valence-corrected chi connectivity index (χ2v) is 4.83. The van der Waals surface area contributed by atoms with Crippen LogP contribution in [0.1, 0.15) is 33.1 Å². The van der Waals surface area contributed by atoms with Gasteiger partial charge in [0.15, 0.2) is 0 Å². The van der Waals surface area contributed by atoms with Crippen molar-refractivity contribution in [3.8, 4) is 0 Å². The first-order valence-corrected chi connectivity index (χ1v) is 5.68. The summed E-state index contributed by atoms with van der Waals surface area (Å²) in [6.07, 6.45) is 3.92. The number of ether oxygens (including phenoxy) is 2. The Morgan fingerprint density at radius 3 is 2.93 bits per heavy atom. The lowest BCUT2D eigenvalue weighted by Gasteiger charge is -2.31. The smallest absolute Gasteiger partial charge is 0.117 e. The van der Waals surface area contributed by atoms with E-state index >= 15 is 0 Å². The summed E-state index contributed by atoms with van der Waals surface area (Å²) in [5.74, 6) is 0.673. The number of hydrogen-bond acceptors (Lipinski definition) is 3. The zero-order valence-corrected chi connectivity index (χ0v) is 9.21. The lowest BCUT2D eigenvalue weighted by atomic mass is 9.93. The van der Waals surface area contributed by atoms with Gasteiger partial charge in [-0.3, -0.25) is 5.32 Å². The van der Waals surface area contributed by atoms with Crippen LogP contribution in [0, 0.1) is 5.92 Å². The van der Waals surface area contributed by atoms with Crippen LogP contribution in [0.2, 0.25) is 0 Å². The average molecular weight is 199 g/mol. The standard InChI is InChI=1S/C11H21NO2/c1-9-7-12-11(2,14-9)6-10-4-3-5-13-8-10/h9-10,12H,3-8H2,1-2H3. The number of rotatable bonds is 2. The molecule has 0 bridgehead atoms. The molecule has 2 fully saturated rings. The normalized spacial score (nSPS) is 44.1. The van der Waals surface area contributed by atoms with Gasteiger partial charge in [0.25, 0.3) is 0 Å². The van der Waals surface area contributed by atoms with E-state index in [0.29, 0.717) is 12.0 Å². The van der Waals surface area contributed by atoms with Gasteiger partial charge in [-0.1, -0.05) is 0 Å². The van der Waals surface area contributed by atoms with Gasteiger partial charge in [-0.25, -0.2) is 0 Å². The highest BCUT2D eigenvalue weighted by Crippen LogP contribution is 2.28. The third-order valence-corrected chi connectivity index (χ3v) is 3.16. The first-order chi connectivity index (χ1) is 6.68. The summed E-state index contributed by atoms with van der Waals surface area (Å²) in [6, 6.07) is 0. The van der Waals surface area contributed by atoms with E-state index in [-0.39, 0.29) is 5.72 Å². The van der Waals surface area contributed by atoms with Gasteiger partial charge in [-0.05, 0) is 39.0 Å². The maximum atomic E-state index is 5.88. The summed E-state index contributed by atoms with van der Waals surface area (Å²) < 4.78 is 11.4. The molecule has 14 heavy (non-hydrogen) atoms. The van der Waals surface area contributed by atoms with Crippen molar-refractivity contribution >= 4 is 0 Å². The largest absolute Gasteiger partial charge is 0.381 e. The van der Waals surface area contributed by atoms with Crippen LogP contribution >= 0.6 is 0 Å². The van der Waals surface area contributed by atoms with Gasteiger partial charge in [0, 0.05) is 19.8 Å². The van der Waals surface area contributed by atoms with Crippen LogP contribution in [-0.2, 0) is 9.47 Å². The van der Waals surface area contributed by atoms with E-state index in [1.807, 2.05) is 0 Å². The molecule has 1 N–H and O–H groups in total. The highest BCUT2D eigenvalue weighted by Gasteiger charge is 2.35. The molecule has 3 heteroatoms. The fourth-order valence-electron chi connectivity index (χ4n) is 2.53. The van der Waals surface area contributed by atoms with Crippen molar-refractivity contribution in [2.75, 3.05) is 19.8 Å². The predicted molar refractivity (Wildman–Crippen MR) is 55.1 cm³/mol. The van der Waals surface area contributed by atoms with Crippen molar-refractivity contribution in [2.24, 2.45) is 5.92 Å². The van der Waals surface area contributed by atoms with E-state index in [9.17, 15) is 0 Å². The molecule has 2 heterocycles. The van der Waals surface area contributed by atoms with Crippen LogP contribution in [0.5, 0.6) is 0 Å². The molecule has 2 aliphatic rings. The van der Waals surface area contributed by atoms with Crippen molar-refractivity contribution in [1.82, 2.24) is 5.32 Å². The van der Waals surface area contributed by atoms with E-state index in [0.717, 1.165) is 26.2 Å². The fourth-order valence-corrected chi connectivity index (χ4v) is 2.53. The minimum atomic E-state index is -0.106. The number of hydrogen-bond donors (Lipinski definition) is 1. The molecule has 3 nitrogen and oxygen atoms in total. The Hall–Kier alpha value is -0.120. The summed E-state index contributed by atoms with van der Waals surface area (Å²) in [5.41, 5.74) is -0.106. The third-order valence-electron chi connectivity index (χ3n) is 3.16. The van der Waals surface area contributed by atoms with Crippen LogP contribution in [0.25, 0.3) is 0 Å². The molecule has 82 valence electrons.